The van der Waals surface area contributed by atoms with E-state index in [2.05, 4.69) is 300 Å². The molecule has 0 aliphatic carbocycles. The lowest BCUT2D eigenvalue weighted by Gasteiger charge is -2.41. The van der Waals surface area contributed by atoms with E-state index in [0.29, 0.717) is 17.6 Å². The number of benzene rings is 9. The molecule has 0 fully saturated rings. The fraction of sp³-hybridized carbons (Fsp3) is 0.260. The summed E-state index contributed by atoms with van der Waals surface area (Å²) in [7, 11) is 0. The summed E-state index contributed by atoms with van der Waals surface area (Å²) in [6.07, 6.45) is 0. The Labute approximate surface area is 501 Å². The Balaban J connectivity index is 1.08. The Morgan fingerprint density at radius 1 is 0.353 bits per heavy atom. The highest BCUT2D eigenvalue weighted by Crippen LogP contribution is 2.47. The third-order valence-corrected chi connectivity index (χ3v) is 18.0. The van der Waals surface area contributed by atoms with Gasteiger partial charge >= 0.3 is 0 Å². The highest BCUT2D eigenvalue weighted by atomic mass is 16.5. The van der Waals surface area contributed by atoms with E-state index in [9.17, 15) is 0 Å². The Kier molecular flexibility index (Phi) is 12.0. The molecule has 422 valence electrons. The van der Waals surface area contributed by atoms with Gasteiger partial charge in [0.1, 0.15) is 11.5 Å². The molecule has 0 saturated carbocycles. The predicted octanol–water partition coefficient (Wildman–Crippen LogP) is 18.3. The molecule has 85 heavy (non-hydrogen) atoms. The molecule has 8 heteroatoms. The van der Waals surface area contributed by atoms with Crippen molar-refractivity contribution in [1.29, 1.82) is 0 Å². The minimum atomic E-state index is -0.0959. The number of fused-ring (bicyclic) bond motifs is 11. The Hall–Kier alpha value is -8.75. The van der Waals surface area contributed by atoms with Gasteiger partial charge in [-0.15, -0.1) is 0 Å². The zero-order valence-corrected chi connectivity index (χ0v) is 52.0. The largest absolute Gasteiger partial charge is 0.458 e. The number of nitrogens with zero attached hydrogens (tertiary/aromatic N) is 6. The molecule has 0 bridgehead atoms. The van der Waals surface area contributed by atoms with E-state index in [4.69, 9.17) is 19.7 Å². The first-order valence-electron chi connectivity index (χ1n) is 30.3. The van der Waals surface area contributed by atoms with Crippen LogP contribution >= 0.6 is 0 Å². The van der Waals surface area contributed by atoms with Gasteiger partial charge in [0.25, 0.3) is 6.71 Å². The van der Waals surface area contributed by atoms with E-state index in [1.807, 2.05) is 0 Å². The van der Waals surface area contributed by atoms with E-state index in [0.717, 1.165) is 88.8 Å². The molecule has 7 nitrogen and oxygen atoms in total. The molecule has 0 atom stereocenters. The lowest BCUT2D eigenvalue weighted by atomic mass is 9.33. The number of hydrogen-bond donors (Lipinski definition) is 0. The number of ether oxygens (including phenoxy) is 1. The predicted molar refractivity (Wildman–Crippen MR) is 359 cm³/mol. The first kappa shape index (κ1) is 54.2. The standard InChI is InChI=1S/C77H75BN6O/c1-73(2,3)48-28-24-46(25-29-48)70-79-71(47-26-30-49(31-27-47)74(4,5)6)81-72(80-70)84-62-23-19-17-21-56(62)58-39-38-57-55-20-16-18-22-61(55)83(68(57)69(58)84)54-44-64-67-66(45-54)85-65-41-35-52(77(13,14)15)43-60(65)78(67)59-42-51(76(10,11)12)34-40-63(59)82(64)53-36-32-50(33-37-53)75(7,8)9/h16-45H,1-15H3. The lowest BCUT2D eigenvalue weighted by molar-refractivity contribution is 0.486. The van der Waals surface area contributed by atoms with Gasteiger partial charge in [0.15, 0.2) is 11.6 Å². The molecule has 0 amide bonds. The second-order valence-corrected chi connectivity index (χ2v) is 29.1. The number of para-hydroxylation sites is 2. The van der Waals surface area contributed by atoms with Gasteiger partial charge in [-0.05, 0) is 114 Å². The molecular formula is C77H75BN6O. The molecule has 0 N–H and O–H groups in total. The van der Waals surface area contributed by atoms with Crippen LogP contribution < -0.4 is 26.0 Å². The van der Waals surface area contributed by atoms with Crippen LogP contribution in [0.25, 0.3) is 78.0 Å². The van der Waals surface area contributed by atoms with Gasteiger partial charge in [-0.1, -0.05) is 237 Å². The summed E-state index contributed by atoms with van der Waals surface area (Å²) in [4.78, 5) is 18.9. The van der Waals surface area contributed by atoms with Crippen molar-refractivity contribution in [2.75, 3.05) is 4.90 Å². The molecule has 0 radical (unpaired) electrons. The van der Waals surface area contributed by atoms with E-state index >= 15 is 0 Å². The van der Waals surface area contributed by atoms with Gasteiger partial charge in [0, 0.05) is 55.8 Å². The molecule has 0 saturated heterocycles. The highest BCUT2D eigenvalue weighted by molar-refractivity contribution is 6.99. The number of anilines is 3. The van der Waals surface area contributed by atoms with Crippen LogP contribution in [0.4, 0.5) is 17.1 Å². The first-order valence-corrected chi connectivity index (χ1v) is 30.3. The summed E-state index contributed by atoms with van der Waals surface area (Å²) in [6, 6.07) is 67.8. The van der Waals surface area contributed by atoms with Crippen molar-refractivity contribution in [2.24, 2.45) is 0 Å². The summed E-state index contributed by atoms with van der Waals surface area (Å²) in [5.41, 5.74) is 20.1. The Morgan fingerprint density at radius 2 is 0.800 bits per heavy atom. The smallest absolute Gasteiger partial charge is 0.256 e. The molecule has 2 aliphatic rings. The van der Waals surface area contributed by atoms with Gasteiger partial charge in [-0.3, -0.25) is 4.57 Å². The minimum absolute atomic E-state index is 0.0173. The van der Waals surface area contributed by atoms with Crippen LogP contribution in [0.2, 0.25) is 0 Å². The number of rotatable bonds is 5. The molecule has 5 heterocycles. The molecule has 3 aromatic heterocycles. The molecule has 9 aromatic carbocycles. The van der Waals surface area contributed by atoms with Crippen LogP contribution in [0.5, 0.6) is 11.5 Å². The Morgan fingerprint density at radius 3 is 1.32 bits per heavy atom. The van der Waals surface area contributed by atoms with E-state index in [-0.39, 0.29) is 33.8 Å². The maximum Gasteiger partial charge on any atom is 0.256 e. The maximum atomic E-state index is 7.43. The average molecular weight is 1110 g/mol. The second-order valence-electron chi connectivity index (χ2n) is 29.1. The van der Waals surface area contributed by atoms with Crippen molar-refractivity contribution >= 4 is 83.8 Å². The van der Waals surface area contributed by atoms with Crippen molar-refractivity contribution in [2.45, 2.75) is 131 Å². The van der Waals surface area contributed by atoms with Crippen LogP contribution in [-0.4, -0.2) is 30.8 Å². The van der Waals surface area contributed by atoms with Crippen molar-refractivity contribution in [3.05, 3.63) is 210 Å². The van der Waals surface area contributed by atoms with E-state index in [1.165, 1.54) is 44.4 Å². The fourth-order valence-electron chi connectivity index (χ4n) is 13.1. The van der Waals surface area contributed by atoms with Crippen molar-refractivity contribution < 1.29 is 4.74 Å². The van der Waals surface area contributed by atoms with Gasteiger partial charge in [0.05, 0.1) is 27.8 Å². The number of hydrogen-bond acceptors (Lipinski definition) is 5. The van der Waals surface area contributed by atoms with Crippen LogP contribution in [0.1, 0.15) is 132 Å². The first-order chi connectivity index (χ1) is 40.3. The van der Waals surface area contributed by atoms with E-state index < -0.39 is 0 Å². The van der Waals surface area contributed by atoms with Gasteiger partial charge < -0.3 is 14.2 Å². The fourth-order valence-corrected chi connectivity index (χ4v) is 13.1. The van der Waals surface area contributed by atoms with E-state index in [1.54, 1.807) is 0 Å². The highest BCUT2D eigenvalue weighted by Gasteiger charge is 2.44. The van der Waals surface area contributed by atoms with Gasteiger partial charge in [0.2, 0.25) is 5.95 Å². The van der Waals surface area contributed by atoms with Crippen LogP contribution in [-0.2, 0) is 27.1 Å². The zero-order valence-electron chi connectivity index (χ0n) is 52.0. The summed E-state index contributed by atoms with van der Waals surface area (Å²) in [5.74, 6) is 3.50. The molecular weight excluding hydrogens is 1040 g/mol. The van der Waals surface area contributed by atoms with Crippen LogP contribution in [0.3, 0.4) is 0 Å². The quantitative estimate of drug-likeness (QED) is 0.161. The topological polar surface area (TPSA) is 61.0 Å². The molecule has 0 spiro atoms. The number of aromatic nitrogens is 5. The normalized spacial score (nSPS) is 13.6. The monoisotopic (exact) mass is 1110 g/mol. The van der Waals surface area contributed by atoms with Crippen molar-refractivity contribution in [3.8, 4) is 45.9 Å². The van der Waals surface area contributed by atoms with Gasteiger partial charge in [-0.2, -0.15) is 9.97 Å². The summed E-state index contributed by atoms with van der Waals surface area (Å²) >= 11 is 0. The Bertz CT molecular complexity index is 4610. The maximum absolute atomic E-state index is 7.43. The summed E-state index contributed by atoms with van der Waals surface area (Å²) in [6.45, 7) is 34.1. The van der Waals surface area contributed by atoms with Crippen molar-refractivity contribution in [3.63, 3.8) is 0 Å². The third-order valence-electron chi connectivity index (χ3n) is 18.0. The average Bonchev–Trinajstić information content (AvgIpc) is 1.78. The summed E-state index contributed by atoms with van der Waals surface area (Å²) < 4.78 is 12.2. The van der Waals surface area contributed by atoms with Crippen LogP contribution in [0.15, 0.2) is 182 Å². The second kappa shape index (κ2) is 18.9. The summed E-state index contributed by atoms with van der Waals surface area (Å²) in [5, 5.41) is 4.48. The lowest BCUT2D eigenvalue weighted by Crippen LogP contribution is -2.60. The van der Waals surface area contributed by atoms with Crippen molar-refractivity contribution in [1.82, 2.24) is 24.1 Å². The molecule has 14 rings (SSSR count). The van der Waals surface area contributed by atoms with Crippen LogP contribution in [0, 0.1) is 0 Å². The zero-order chi connectivity index (χ0) is 59.4. The van der Waals surface area contributed by atoms with Gasteiger partial charge in [-0.25, -0.2) is 4.98 Å². The SMILES string of the molecule is CC(C)(C)c1ccc(-c2nc(-c3ccc(C(C)(C)C)cc3)nc(-n3c4ccccc4c4ccc5c6ccccc6n(-c6cc7c8c(c6)N(c6ccc(C(C)(C)C)cc6)c6ccc(C(C)(C)C)cc6B8c6cc(C(C)(C)C)ccc6O7)c5c43)n2)cc1. The third kappa shape index (κ3) is 8.96. The molecule has 12 aromatic rings. The molecule has 2 aliphatic heterocycles. The molecule has 0 unspecified atom stereocenters. The minimum Gasteiger partial charge on any atom is -0.458 e.